The van der Waals surface area contributed by atoms with Crippen LogP contribution in [0.5, 0.6) is 0 Å². The van der Waals surface area contributed by atoms with Crippen LogP contribution >= 0.6 is 0 Å². The maximum Gasteiger partial charge on any atom is 0.0471 e. The average molecular weight is 233 g/mol. The highest BCUT2D eigenvalue weighted by molar-refractivity contribution is 5.14. The van der Waals surface area contributed by atoms with E-state index in [1.165, 1.54) is 18.4 Å². The monoisotopic (exact) mass is 233 g/mol. The van der Waals surface area contributed by atoms with E-state index in [-0.39, 0.29) is 0 Å². The van der Waals surface area contributed by atoms with E-state index in [1.807, 2.05) is 0 Å². The summed E-state index contributed by atoms with van der Waals surface area (Å²) in [7, 11) is 0. The van der Waals surface area contributed by atoms with Crippen molar-refractivity contribution in [1.29, 1.82) is 0 Å². The maximum absolute atomic E-state index is 5.41. The van der Waals surface area contributed by atoms with Crippen LogP contribution in [0.25, 0.3) is 0 Å². The Morgan fingerprint density at radius 1 is 1.18 bits per heavy atom. The van der Waals surface area contributed by atoms with Crippen LogP contribution in [-0.4, -0.2) is 26.3 Å². The fourth-order valence-corrected chi connectivity index (χ4v) is 2.31. The van der Waals surface area contributed by atoms with E-state index in [2.05, 4.69) is 42.6 Å². The minimum absolute atomic E-state index is 0.439. The molecule has 2 rings (SSSR count). The van der Waals surface area contributed by atoms with Crippen molar-refractivity contribution in [2.75, 3.05) is 26.3 Å². The molecular weight excluding hydrogens is 210 g/mol. The third-order valence-corrected chi connectivity index (χ3v) is 3.68. The lowest BCUT2D eigenvalue weighted by Gasteiger charge is -2.33. The van der Waals surface area contributed by atoms with Crippen LogP contribution in [0.1, 0.15) is 25.3 Å². The summed E-state index contributed by atoms with van der Waals surface area (Å²) >= 11 is 0. The Labute approximate surface area is 104 Å². The van der Waals surface area contributed by atoms with Crippen LogP contribution in [0.2, 0.25) is 0 Å². The van der Waals surface area contributed by atoms with Crippen molar-refractivity contribution in [3.05, 3.63) is 35.9 Å². The van der Waals surface area contributed by atoms with Crippen LogP contribution < -0.4 is 5.32 Å². The highest BCUT2D eigenvalue weighted by Crippen LogP contribution is 2.28. The molecule has 2 heteroatoms. The van der Waals surface area contributed by atoms with Gasteiger partial charge >= 0.3 is 0 Å². The predicted octanol–water partition coefficient (Wildman–Crippen LogP) is 2.64. The van der Waals surface area contributed by atoms with Gasteiger partial charge in [-0.2, -0.15) is 0 Å². The Balaban J connectivity index is 1.66. The van der Waals surface area contributed by atoms with Crippen LogP contribution in [-0.2, 0) is 11.2 Å². The largest absolute Gasteiger partial charge is 0.381 e. The molecule has 17 heavy (non-hydrogen) atoms. The van der Waals surface area contributed by atoms with Gasteiger partial charge in [0.2, 0.25) is 0 Å². The van der Waals surface area contributed by atoms with E-state index in [9.17, 15) is 0 Å². The van der Waals surface area contributed by atoms with Gasteiger partial charge in [0.25, 0.3) is 0 Å². The third kappa shape index (κ3) is 4.14. The third-order valence-electron chi connectivity index (χ3n) is 3.68. The first-order valence-corrected chi connectivity index (χ1v) is 6.61. The number of hydrogen-bond donors (Lipinski definition) is 1. The van der Waals surface area contributed by atoms with Gasteiger partial charge in [-0.25, -0.2) is 0 Å². The van der Waals surface area contributed by atoms with Crippen molar-refractivity contribution in [2.45, 2.75) is 26.2 Å². The number of hydrogen-bond acceptors (Lipinski definition) is 2. The maximum atomic E-state index is 5.41. The van der Waals surface area contributed by atoms with Gasteiger partial charge in [-0.1, -0.05) is 37.3 Å². The smallest absolute Gasteiger partial charge is 0.0471 e. The van der Waals surface area contributed by atoms with Crippen molar-refractivity contribution >= 4 is 0 Å². The lowest BCUT2D eigenvalue weighted by atomic mass is 9.82. The molecule has 1 heterocycles. The summed E-state index contributed by atoms with van der Waals surface area (Å²) in [5, 5.41) is 3.59. The van der Waals surface area contributed by atoms with E-state index in [0.29, 0.717) is 5.41 Å². The summed E-state index contributed by atoms with van der Waals surface area (Å²) in [6, 6.07) is 10.7. The van der Waals surface area contributed by atoms with Crippen LogP contribution in [0.4, 0.5) is 0 Å². The fraction of sp³-hybridized carbons (Fsp3) is 0.600. The molecule has 1 aromatic carbocycles. The summed E-state index contributed by atoms with van der Waals surface area (Å²) in [6.07, 6.45) is 3.49. The summed E-state index contributed by atoms with van der Waals surface area (Å²) < 4.78 is 5.41. The van der Waals surface area contributed by atoms with Crippen molar-refractivity contribution in [2.24, 2.45) is 5.41 Å². The van der Waals surface area contributed by atoms with E-state index in [1.54, 1.807) is 0 Å². The van der Waals surface area contributed by atoms with Crippen molar-refractivity contribution < 1.29 is 4.74 Å². The predicted molar refractivity (Wildman–Crippen MR) is 71.2 cm³/mol. The van der Waals surface area contributed by atoms with Gasteiger partial charge < -0.3 is 10.1 Å². The first-order chi connectivity index (χ1) is 8.29. The minimum Gasteiger partial charge on any atom is -0.381 e. The number of benzene rings is 1. The Kier molecular flexibility index (Phi) is 4.57. The molecular formula is C15H23NO. The summed E-state index contributed by atoms with van der Waals surface area (Å²) in [5.41, 5.74) is 1.85. The zero-order chi connectivity index (χ0) is 12.0. The first kappa shape index (κ1) is 12.6. The zero-order valence-electron chi connectivity index (χ0n) is 10.7. The van der Waals surface area contributed by atoms with Crippen molar-refractivity contribution in [1.82, 2.24) is 5.32 Å². The van der Waals surface area contributed by atoms with Gasteiger partial charge in [-0.3, -0.25) is 0 Å². The summed E-state index contributed by atoms with van der Waals surface area (Å²) in [5.74, 6) is 0. The molecule has 0 bridgehead atoms. The molecule has 0 amide bonds. The normalized spacial score (nSPS) is 19.1. The molecule has 0 atom stereocenters. The van der Waals surface area contributed by atoms with Crippen LogP contribution in [0.15, 0.2) is 30.3 Å². The quantitative estimate of drug-likeness (QED) is 0.789. The molecule has 1 N–H and O–H groups in total. The zero-order valence-corrected chi connectivity index (χ0v) is 10.7. The molecule has 1 fully saturated rings. The fourth-order valence-electron chi connectivity index (χ4n) is 2.31. The number of nitrogens with one attached hydrogen (secondary N) is 1. The average Bonchev–Trinajstić information content (AvgIpc) is 2.37. The van der Waals surface area contributed by atoms with Gasteiger partial charge in [-0.05, 0) is 36.8 Å². The Morgan fingerprint density at radius 3 is 2.59 bits per heavy atom. The lowest BCUT2D eigenvalue weighted by Crippen LogP contribution is -2.37. The molecule has 94 valence electrons. The summed E-state index contributed by atoms with van der Waals surface area (Å²) in [6.45, 7) is 6.41. The highest BCUT2D eigenvalue weighted by Gasteiger charge is 2.26. The second-order valence-corrected chi connectivity index (χ2v) is 5.34. The van der Waals surface area contributed by atoms with Gasteiger partial charge in [-0.15, -0.1) is 0 Å². The summed E-state index contributed by atoms with van der Waals surface area (Å²) in [4.78, 5) is 0. The van der Waals surface area contributed by atoms with Gasteiger partial charge in [0.1, 0.15) is 0 Å². The Hall–Kier alpha value is -0.860. The van der Waals surface area contributed by atoms with Gasteiger partial charge in [0, 0.05) is 19.8 Å². The van der Waals surface area contributed by atoms with Gasteiger partial charge in [0.15, 0.2) is 0 Å². The highest BCUT2D eigenvalue weighted by atomic mass is 16.5. The molecule has 1 aliphatic heterocycles. The van der Waals surface area contributed by atoms with Gasteiger partial charge in [0.05, 0.1) is 0 Å². The molecule has 1 aromatic rings. The second kappa shape index (κ2) is 6.18. The number of rotatable bonds is 5. The molecule has 0 unspecified atom stereocenters. The Morgan fingerprint density at radius 2 is 1.88 bits per heavy atom. The molecule has 0 aromatic heterocycles. The molecule has 2 nitrogen and oxygen atoms in total. The molecule has 0 spiro atoms. The first-order valence-electron chi connectivity index (χ1n) is 6.61. The van der Waals surface area contributed by atoms with Crippen molar-refractivity contribution in [3.63, 3.8) is 0 Å². The van der Waals surface area contributed by atoms with Crippen molar-refractivity contribution in [3.8, 4) is 0 Å². The Bertz CT molecular complexity index is 317. The molecule has 1 saturated heterocycles. The topological polar surface area (TPSA) is 21.3 Å². The SMILES string of the molecule is CC1(CNCCc2ccccc2)CCOCC1. The molecule has 0 aliphatic carbocycles. The number of ether oxygens (including phenoxy) is 1. The van der Waals surface area contributed by atoms with Crippen LogP contribution in [0.3, 0.4) is 0 Å². The van der Waals surface area contributed by atoms with E-state index >= 15 is 0 Å². The molecule has 1 aliphatic rings. The standard InChI is InChI=1S/C15H23NO/c1-15(8-11-17-12-9-15)13-16-10-7-14-5-3-2-4-6-14/h2-6,16H,7-13H2,1H3. The van der Waals surface area contributed by atoms with Crippen LogP contribution in [0, 0.1) is 5.41 Å². The lowest BCUT2D eigenvalue weighted by molar-refractivity contribution is 0.0242. The minimum atomic E-state index is 0.439. The van der Waals surface area contributed by atoms with E-state index in [4.69, 9.17) is 4.74 Å². The second-order valence-electron chi connectivity index (χ2n) is 5.34. The van der Waals surface area contributed by atoms with E-state index in [0.717, 1.165) is 32.7 Å². The molecule has 0 radical (unpaired) electrons. The molecule has 0 saturated carbocycles. The van der Waals surface area contributed by atoms with E-state index < -0.39 is 0 Å².